The van der Waals surface area contributed by atoms with E-state index in [1.807, 2.05) is 0 Å². The maximum Gasteiger partial charge on any atom is 0.228 e. The van der Waals surface area contributed by atoms with Gasteiger partial charge in [-0.25, -0.2) is 0 Å². The van der Waals surface area contributed by atoms with Gasteiger partial charge in [0.05, 0.1) is 18.1 Å². The van der Waals surface area contributed by atoms with Crippen LogP contribution in [0.1, 0.15) is 16.1 Å². The third-order valence-electron chi connectivity index (χ3n) is 3.46. The molecular weight excluding hydrogens is 316 g/mol. The first-order valence-electron chi connectivity index (χ1n) is 6.91. The zero-order valence-electron chi connectivity index (χ0n) is 11.9. The zero-order chi connectivity index (χ0) is 16.4. The number of H-pyrrole nitrogens is 1. The number of anilines is 1. The number of rotatable bonds is 4. The lowest BCUT2D eigenvalue weighted by atomic mass is 10.1. The van der Waals surface area contributed by atoms with Crippen molar-refractivity contribution in [2.45, 2.75) is 6.42 Å². The van der Waals surface area contributed by atoms with E-state index in [2.05, 4.69) is 10.3 Å². The Balaban J connectivity index is 1.90. The van der Waals surface area contributed by atoms with Crippen molar-refractivity contribution in [3.8, 4) is 0 Å². The number of hydrogen-bond acceptors (Lipinski definition) is 3. The van der Waals surface area contributed by atoms with Gasteiger partial charge in [-0.15, -0.1) is 0 Å². The van der Waals surface area contributed by atoms with E-state index in [9.17, 15) is 14.7 Å². The van der Waals surface area contributed by atoms with Crippen LogP contribution in [-0.2, 0) is 11.2 Å². The molecule has 0 saturated carbocycles. The minimum Gasteiger partial charge on any atom is -0.543 e. The molecule has 0 fully saturated rings. The molecular formula is C17H12ClN2O3-. The Kier molecular flexibility index (Phi) is 4.04. The molecule has 5 nitrogen and oxygen atoms in total. The monoisotopic (exact) mass is 327 g/mol. The molecule has 0 radical (unpaired) electrons. The van der Waals surface area contributed by atoms with Crippen molar-refractivity contribution in [2.75, 3.05) is 5.32 Å². The summed E-state index contributed by atoms with van der Waals surface area (Å²) in [5, 5.41) is 15.2. The molecule has 0 unspecified atom stereocenters. The number of carbonyl (C=O) groups is 2. The summed E-state index contributed by atoms with van der Waals surface area (Å²) < 4.78 is 0. The van der Waals surface area contributed by atoms with E-state index >= 15 is 0 Å². The molecule has 0 aliphatic carbocycles. The largest absolute Gasteiger partial charge is 0.543 e. The number of aromatic amines is 1. The Bertz CT molecular complexity index is 902. The predicted molar refractivity (Wildman–Crippen MR) is 86.4 cm³/mol. The third kappa shape index (κ3) is 3.19. The molecule has 23 heavy (non-hydrogen) atoms. The second kappa shape index (κ2) is 6.14. The number of carbonyl (C=O) groups excluding carboxylic acids is 2. The maximum absolute atomic E-state index is 12.2. The number of carboxylic acid groups (broad SMARTS) is 1. The highest BCUT2D eigenvalue weighted by Gasteiger charge is 2.15. The van der Waals surface area contributed by atoms with Crippen molar-refractivity contribution < 1.29 is 14.7 Å². The number of para-hydroxylation sites is 1. The molecule has 3 rings (SSSR count). The predicted octanol–water partition coefficient (Wildman–Crippen LogP) is 2.37. The summed E-state index contributed by atoms with van der Waals surface area (Å²) in [7, 11) is 0. The van der Waals surface area contributed by atoms with Crippen LogP contribution >= 0.6 is 11.6 Å². The van der Waals surface area contributed by atoms with Crippen LogP contribution in [0.3, 0.4) is 0 Å². The first kappa shape index (κ1) is 15.1. The third-order valence-corrected chi connectivity index (χ3v) is 3.70. The first-order valence-corrected chi connectivity index (χ1v) is 7.29. The molecule has 0 bridgehead atoms. The fraction of sp³-hybridized carbons (Fsp3) is 0.0588. The number of hydrogen-bond donors (Lipinski definition) is 2. The first-order chi connectivity index (χ1) is 11.0. The molecule has 1 aromatic heterocycles. The Hall–Kier alpha value is -2.79. The fourth-order valence-corrected chi connectivity index (χ4v) is 2.68. The van der Waals surface area contributed by atoms with Crippen molar-refractivity contribution >= 4 is 40.1 Å². The minimum atomic E-state index is -1.34. The van der Waals surface area contributed by atoms with Gasteiger partial charge in [-0.2, -0.15) is 0 Å². The zero-order valence-corrected chi connectivity index (χ0v) is 12.7. The molecule has 6 heteroatoms. The Morgan fingerprint density at radius 1 is 1.13 bits per heavy atom. The minimum absolute atomic E-state index is 0.0764. The van der Waals surface area contributed by atoms with Crippen molar-refractivity contribution in [3.05, 3.63) is 64.8 Å². The molecule has 1 heterocycles. The lowest BCUT2D eigenvalue weighted by Crippen LogP contribution is -2.25. The molecule has 0 aliphatic rings. The molecule has 0 spiro atoms. The highest BCUT2D eigenvalue weighted by molar-refractivity contribution is 6.30. The number of aromatic carboxylic acids is 1. The maximum atomic E-state index is 12.2. The summed E-state index contributed by atoms with van der Waals surface area (Å²) in [5.41, 5.74) is 1.53. The quantitative estimate of drug-likeness (QED) is 0.771. The van der Waals surface area contributed by atoms with E-state index < -0.39 is 5.97 Å². The van der Waals surface area contributed by atoms with Crippen molar-refractivity contribution in [2.24, 2.45) is 0 Å². The summed E-state index contributed by atoms with van der Waals surface area (Å²) in [6.45, 7) is 0. The van der Waals surface area contributed by atoms with E-state index in [1.54, 1.807) is 48.5 Å². The Morgan fingerprint density at radius 3 is 2.65 bits per heavy atom. The van der Waals surface area contributed by atoms with Crippen molar-refractivity contribution in [1.29, 1.82) is 0 Å². The van der Waals surface area contributed by atoms with Crippen molar-refractivity contribution in [1.82, 2.24) is 4.98 Å². The molecule has 1 amide bonds. The highest BCUT2D eigenvalue weighted by atomic mass is 35.5. The lowest BCUT2D eigenvalue weighted by molar-refractivity contribution is -0.255. The molecule has 0 aliphatic heterocycles. The van der Waals surface area contributed by atoms with Gasteiger partial charge < -0.3 is 20.2 Å². The molecule has 0 atom stereocenters. The number of amides is 1. The molecule has 2 N–H and O–H groups in total. The van der Waals surface area contributed by atoms with E-state index in [0.717, 1.165) is 0 Å². The fourth-order valence-electron chi connectivity index (χ4n) is 2.49. The van der Waals surface area contributed by atoms with Gasteiger partial charge in [0.1, 0.15) is 0 Å². The smallest absolute Gasteiger partial charge is 0.228 e. The normalized spacial score (nSPS) is 10.7. The average Bonchev–Trinajstić information content (AvgIpc) is 2.86. The van der Waals surface area contributed by atoms with Gasteiger partial charge in [0.15, 0.2) is 0 Å². The second-order valence-corrected chi connectivity index (χ2v) is 5.48. The summed E-state index contributed by atoms with van der Waals surface area (Å²) in [6, 6.07) is 13.8. The van der Waals surface area contributed by atoms with Gasteiger partial charge in [-0.3, -0.25) is 4.79 Å². The summed E-state index contributed by atoms with van der Waals surface area (Å²) in [5.74, 6) is -1.67. The van der Waals surface area contributed by atoms with E-state index in [1.165, 1.54) is 0 Å². The molecule has 0 saturated heterocycles. The molecule has 116 valence electrons. The van der Waals surface area contributed by atoms with Crippen LogP contribution in [-0.4, -0.2) is 16.9 Å². The van der Waals surface area contributed by atoms with Crippen LogP contribution in [0.5, 0.6) is 0 Å². The van der Waals surface area contributed by atoms with Gasteiger partial charge in [0, 0.05) is 21.6 Å². The Labute approximate surface area is 136 Å². The summed E-state index contributed by atoms with van der Waals surface area (Å²) in [6.07, 6.45) is -0.0835. The average molecular weight is 328 g/mol. The van der Waals surface area contributed by atoms with Gasteiger partial charge in [-0.05, 0) is 29.8 Å². The number of fused-ring (bicyclic) bond motifs is 1. The Morgan fingerprint density at radius 2 is 1.91 bits per heavy atom. The van der Waals surface area contributed by atoms with Crippen LogP contribution in [0.2, 0.25) is 5.02 Å². The number of aromatic nitrogens is 1. The van der Waals surface area contributed by atoms with Gasteiger partial charge in [0.2, 0.25) is 5.91 Å². The van der Waals surface area contributed by atoms with Crippen LogP contribution in [0.15, 0.2) is 48.5 Å². The van der Waals surface area contributed by atoms with Gasteiger partial charge in [0.25, 0.3) is 0 Å². The van der Waals surface area contributed by atoms with E-state index in [-0.39, 0.29) is 18.0 Å². The van der Waals surface area contributed by atoms with Crippen LogP contribution in [0.25, 0.3) is 10.9 Å². The van der Waals surface area contributed by atoms with Crippen LogP contribution in [0, 0.1) is 0 Å². The SMILES string of the molecule is O=C(Cc1c(C(=O)[O-])[nH]c2ccccc12)Nc1cccc(Cl)c1. The highest BCUT2D eigenvalue weighted by Crippen LogP contribution is 2.23. The number of nitrogens with one attached hydrogen (secondary N) is 2. The topological polar surface area (TPSA) is 85.0 Å². The van der Waals surface area contributed by atoms with Crippen LogP contribution < -0.4 is 10.4 Å². The van der Waals surface area contributed by atoms with E-state index in [4.69, 9.17) is 11.6 Å². The second-order valence-electron chi connectivity index (χ2n) is 5.05. The van der Waals surface area contributed by atoms with Crippen molar-refractivity contribution in [3.63, 3.8) is 0 Å². The number of carboxylic acids is 1. The standard InChI is InChI=1S/C17H13ClN2O3/c18-10-4-3-5-11(8-10)19-15(21)9-13-12-6-1-2-7-14(12)20-16(13)17(22)23/h1-8,20H,9H2,(H,19,21)(H,22,23)/p-1. The molecule has 2 aromatic carbocycles. The van der Waals surface area contributed by atoms with Crippen LogP contribution in [0.4, 0.5) is 5.69 Å². The molecule has 3 aromatic rings. The summed E-state index contributed by atoms with van der Waals surface area (Å²) in [4.78, 5) is 26.3. The number of halogens is 1. The van der Waals surface area contributed by atoms with E-state index in [0.29, 0.717) is 27.2 Å². The lowest BCUT2D eigenvalue weighted by Gasteiger charge is -2.08. The van der Waals surface area contributed by atoms with Gasteiger partial charge >= 0.3 is 0 Å². The van der Waals surface area contributed by atoms with Gasteiger partial charge in [-0.1, -0.05) is 35.9 Å². The number of benzene rings is 2. The summed E-state index contributed by atoms with van der Waals surface area (Å²) >= 11 is 5.87.